The number of allylic oxidation sites excluding steroid dienone is 4. The highest BCUT2D eigenvalue weighted by molar-refractivity contribution is 6.63. The van der Waals surface area contributed by atoms with Crippen LogP contribution in [-0.2, 0) is 4.79 Å². The summed E-state index contributed by atoms with van der Waals surface area (Å²) < 4.78 is 0. The van der Waals surface area contributed by atoms with E-state index in [1.165, 1.54) is 5.57 Å². The second-order valence-corrected chi connectivity index (χ2v) is 3.09. The van der Waals surface area contributed by atoms with Gasteiger partial charge in [0, 0.05) is 6.42 Å². The van der Waals surface area contributed by atoms with E-state index in [1.54, 1.807) is 0 Å². The van der Waals surface area contributed by atoms with Gasteiger partial charge in [-0.1, -0.05) is 23.8 Å². The van der Waals surface area contributed by atoms with Crippen molar-refractivity contribution in [1.29, 1.82) is 0 Å². The van der Waals surface area contributed by atoms with Crippen molar-refractivity contribution in [2.45, 2.75) is 25.7 Å². The first-order valence-corrected chi connectivity index (χ1v) is 4.20. The molecule has 1 aliphatic rings. The predicted molar refractivity (Wildman–Crippen MR) is 46.6 cm³/mol. The Labute approximate surface area is 71.7 Å². The molecule has 0 saturated carbocycles. The number of hydrogen-bond donors (Lipinski definition) is 0. The summed E-state index contributed by atoms with van der Waals surface area (Å²) in [5.41, 5.74) is 1.41. The minimum absolute atomic E-state index is 0.225. The van der Waals surface area contributed by atoms with Gasteiger partial charge in [0.1, 0.15) is 0 Å². The van der Waals surface area contributed by atoms with Crippen molar-refractivity contribution in [3.8, 4) is 0 Å². The average molecular weight is 171 g/mol. The zero-order valence-electron chi connectivity index (χ0n) is 6.35. The second-order valence-electron chi connectivity index (χ2n) is 2.67. The first kappa shape index (κ1) is 8.54. The topological polar surface area (TPSA) is 17.1 Å². The number of halogens is 1. The van der Waals surface area contributed by atoms with Crippen molar-refractivity contribution in [3.63, 3.8) is 0 Å². The molecule has 0 aromatic carbocycles. The zero-order chi connectivity index (χ0) is 8.10. The van der Waals surface area contributed by atoms with E-state index in [0.29, 0.717) is 6.42 Å². The van der Waals surface area contributed by atoms with Crippen LogP contribution in [-0.4, -0.2) is 5.24 Å². The molecule has 0 fully saturated rings. The molecule has 0 radical (unpaired) electrons. The maximum atomic E-state index is 10.3. The predicted octanol–water partition coefficient (Wildman–Crippen LogP) is 2.81. The van der Waals surface area contributed by atoms with E-state index in [-0.39, 0.29) is 5.24 Å². The van der Waals surface area contributed by atoms with Gasteiger partial charge >= 0.3 is 0 Å². The number of carbonyl (C=O) groups is 1. The van der Waals surface area contributed by atoms with Gasteiger partial charge in [-0.3, -0.25) is 4.79 Å². The third-order valence-electron chi connectivity index (χ3n) is 1.72. The Hall–Kier alpha value is -0.560. The Morgan fingerprint density at radius 1 is 1.64 bits per heavy atom. The fourth-order valence-electron chi connectivity index (χ4n) is 1.13. The normalized spacial score (nSPS) is 15.2. The Morgan fingerprint density at radius 2 is 2.45 bits per heavy atom. The molecule has 0 spiro atoms. The van der Waals surface area contributed by atoms with Gasteiger partial charge in [-0.2, -0.15) is 0 Å². The number of rotatable bonds is 4. The first-order chi connectivity index (χ1) is 5.29. The lowest BCUT2D eigenvalue weighted by Gasteiger charge is -1.97. The fraction of sp³-hybridized carbons (Fsp3) is 0.444. The standard InChI is InChI=1S/C9H11ClO/c10-9(11)7-3-6-8-4-1-2-5-8/h1-2,4H,3,5-7H2. The Morgan fingerprint density at radius 3 is 3.00 bits per heavy atom. The fourth-order valence-corrected chi connectivity index (χ4v) is 1.27. The van der Waals surface area contributed by atoms with Gasteiger partial charge in [-0.05, 0) is 30.9 Å². The molecule has 0 aromatic heterocycles. The molecular formula is C9H11ClO. The van der Waals surface area contributed by atoms with Gasteiger partial charge in [0.05, 0.1) is 0 Å². The van der Waals surface area contributed by atoms with Gasteiger partial charge < -0.3 is 0 Å². The van der Waals surface area contributed by atoms with Crippen LogP contribution in [0.3, 0.4) is 0 Å². The van der Waals surface area contributed by atoms with E-state index in [9.17, 15) is 4.79 Å². The highest BCUT2D eigenvalue weighted by Crippen LogP contribution is 2.17. The Balaban J connectivity index is 2.09. The molecule has 0 amide bonds. The van der Waals surface area contributed by atoms with Gasteiger partial charge in [-0.15, -0.1) is 0 Å². The molecule has 60 valence electrons. The van der Waals surface area contributed by atoms with Crippen molar-refractivity contribution >= 4 is 16.8 Å². The molecule has 0 aromatic rings. The van der Waals surface area contributed by atoms with E-state index in [2.05, 4.69) is 18.2 Å². The largest absolute Gasteiger partial charge is 0.281 e. The van der Waals surface area contributed by atoms with Gasteiger partial charge in [0.15, 0.2) is 0 Å². The van der Waals surface area contributed by atoms with E-state index in [0.717, 1.165) is 19.3 Å². The maximum Gasteiger partial charge on any atom is 0.221 e. The molecule has 0 N–H and O–H groups in total. The number of carbonyl (C=O) groups excluding carboxylic acids is 1. The van der Waals surface area contributed by atoms with Gasteiger partial charge in [0.2, 0.25) is 5.24 Å². The summed E-state index contributed by atoms with van der Waals surface area (Å²) in [5.74, 6) is 0. The van der Waals surface area contributed by atoms with Gasteiger partial charge in [-0.25, -0.2) is 0 Å². The maximum absolute atomic E-state index is 10.3. The molecule has 1 rings (SSSR count). The first-order valence-electron chi connectivity index (χ1n) is 3.82. The summed E-state index contributed by atoms with van der Waals surface area (Å²) in [6.07, 6.45) is 9.73. The lowest BCUT2D eigenvalue weighted by atomic mass is 10.1. The highest BCUT2D eigenvalue weighted by Gasteiger charge is 2.00. The molecule has 1 nitrogen and oxygen atoms in total. The van der Waals surface area contributed by atoms with Gasteiger partial charge in [0.25, 0.3) is 0 Å². The smallest absolute Gasteiger partial charge is 0.221 e. The molecule has 0 saturated heterocycles. The van der Waals surface area contributed by atoms with Crippen molar-refractivity contribution in [2.75, 3.05) is 0 Å². The Bertz CT molecular complexity index is 204. The molecular weight excluding hydrogens is 160 g/mol. The number of hydrogen-bond acceptors (Lipinski definition) is 1. The summed E-state index contributed by atoms with van der Waals surface area (Å²) in [7, 11) is 0. The average Bonchev–Trinajstić information content (AvgIpc) is 2.39. The molecule has 0 unspecified atom stereocenters. The summed E-state index contributed by atoms with van der Waals surface area (Å²) in [6, 6.07) is 0. The van der Waals surface area contributed by atoms with Crippen LogP contribution in [0.5, 0.6) is 0 Å². The highest BCUT2D eigenvalue weighted by atomic mass is 35.5. The van der Waals surface area contributed by atoms with E-state index in [1.807, 2.05) is 0 Å². The Kier molecular flexibility index (Phi) is 3.37. The summed E-state index contributed by atoms with van der Waals surface area (Å²) >= 11 is 5.19. The lowest BCUT2D eigenvalue weighted by Crippen LogP contribution is -1.87. The molecule has 11 heavy (non-hydrogen) atoms. The van der Waals surface area contributed by atoms with Crippen molar-refractivity contribution in [3.05, 3.63) is 23.8 Å². The minimum Gasteiger partial charge on any atom is -0.281 e. The molecule has 1 aliphatic carbocycles. The zero-order valence-corrected chi connectivity index (χ0v) is 7.10. The minimum atomic E-state index is -0.225. The van der Waals surface area contributed by atoms with Crippen LogP contribution in [0.15, 0.2) is 23.8 Å². The third kappa shape index (κ3) is 3.38. The second kappa shape index (κ2) is 4.35. The molecule has 0 heterocycles. The summed E-state index contributed by atoms with van der Waals surface area (Å²) in [5, 5.41) is -0.225. The van der Waals surface area contributed by atoms with Crippen LogP contribution in [0.1, 0.15) is 25.7 Å². The van der Waals surface area contributed by atoms with Crippen molar-refractivity contribution < 1.29 is 4.79 Å². The lowest BCUT2D eigenvalue weighted by molar-refractivity contribution is -0.111. The molecule has 0 atom stereocenters. The van der Waals surface area contributed by atoms with Crippen LogP contribution >= 0.6 is 11.6 Å². The van der Waals surface area contributed by atoms with Crippen LogP contribution in [0.2, 0.25) is 0 Å². The SMILES string of the molecule is O=C(Cl)CCCC1=CC=CC1. The molecule has 0 bridgehead atoms. The summed E-state index contributed by atoms with van der Waals surface area (Å²) in [4.78, 5) is 10.3. The van der Waals surface area contributed by atoms with Crippen LogP contribution in [0.25, 0.3) is 0 Å². The van der Waals surface area contributed by atoms with E-state index >= 15 is 0 Å². The summed E-state index contributed by atoms with van der Waals surface area (Å²) in [6.45, 7) is 0. The monoisotopic (exact) mass is 170 g/mol. The molecule has 0 aliphatic heterocycles. The van der Waals surface area contributed by atoms with Crippen molar-refractivity contribution in [2.24, 2.45) is 0 Å². The third-order valence-corrected chi connectivity index (χ3v) is 1.91. The van der Waals surface area contributed by atoms with Crippen LogP contribution in [0, 0.1) is 0 Å². The van der Waals surface area contributed by atoms with Crippen molar-refractivity contribution in [1.82, 2.24) is 0 Å². The quantitative estimate of drug-likeness (QED) is 0.593. The van der Waals surface area contributed by atoms with Crippen LogP contribution in [0.4, 0.5) is 0 Å². The van der Waals surface area contributed by atoms with Crippen LogP contribution < -0.4 is 0 Å². The van der Waals surface area contributed by atoms with E-state index in [4.69, 9.17) is 11.6 Å². The van der Waals surface area contributed by atoms with E-state index < -0.39 is 0 Å². The molecule has 2 heteroatoms.